The van der Waals surface area contributed by atoms with Crippen LogP contribution in [0, 0.1) is 0 Å². The molecule has 40 heavy (non-hydrogen) atoms. The minimum atomic E-state index is -4.45. The van der Waals surface area contributed by atoms with Gasteiger partial charge in [-0.3, -0.25) is 4.55 Å². The first-order valence-corrected chi connectivity index (χ1v) is 15.1. The van der Waals surface area contributed by atoms with Gasteiger partial charge in [-0.25, -0.2) is 22.3 Å². The van der Waals surface area contributed by atoms with Crippen molar-refractivity contribution in [3.8, 4) is 11.1 Å². The van der Waals surface area contributed by atoms with Crippen LogP contribution >= 0.6 is 11.3 Å². The van der Waals surface area contributed by atoms with E-state index in [0.29, 0.717) is 26.9 Å². The van der Waals surface area contributed by atoms with Crippen molar-refractivity contribution in [1.29, 1.82) is 0 Å². The first-order chi connectivity index (χ1) is 19.0. The van der Waals surface area contributed by atoms with Crippen LogP contribution in [0.3, 0.4) is 0 Å². The van der Waals surface area contributed by atoms with Gasteiger partial charge in [0.25, 0.3) is 0 Å². The van der Waals surface area contributed by atoms with E-state index in [1.165, 1.54) is 12.1 Å². The van der Waals surface area contributed by atoms with E-state index in [0.717, 1.165) is 23.5 Å². The Labute approximate surface area is 232 Å². The molecule has 0 saturated heterocycles. The van der Waals surface area contributed by atoms with Crippen molar-refractivity contribution >= 4 is 42.7 Å². The summed E-state index contributed by atoms with van der Waals surface area (Å²) in [4.78, 5) is 4.52. The van der Waals surface area contributed by atoms with Crippen LogP contribution < -0.4 is 4.72 Å². The Hall–Kier alpha value is -3.50. The van der Waals surface area contributed by atoms with Crippen LogP contribution in [-0.2, 0) is 39.6 Å². The van der Waals surface area contributed by atoms with Gasteiger partial charge in [0.1, 0.15) is 5.01 Å². The van der Waals surface area contributed by atoms with Crippen molar-refractivity contribution in [3.05, 3.63) is 101 Å². The SMILES string of the molecule is O=S(O)NCc1nnc(C(c2nc3ccc(-c4ccc(C(F)(F)F)cc4)cc3s2)S(=O)(=O)Cc2ccccc2)o1. The second kappa shape index (κ2) is 11.2. The number of thiazole rings is 1. The molecule has 0 aliphatic rings. The number of hydrogen-bond donors (Lipinski definition) is 2. The largest absolute Gasteiger partial charge is 0.422 e. The summed E-state index contributed by atoms with van der Waals surface area (Å²) in [6, 6.07) is 18.3. The number of alkyl halides is 3. The summed E-state index contributed by atoms with van der Waals surface area (Å²) in [6.45, 7) is -0.266. The van der Waals surface area contributed by atoms with Crippen molar-refractivity contribution in [3.63, 3.8) is 0 Å². The summed E-state index contributed by atoms with van der Waals surface area (Å²) in [5.41, 5.74) is 1.43. The van der Waals surface area contributed by atoms with Crippen LogP contribution in [0.4, 0.5) is 13.2 Å². The second-order valence-corrected chi connectivity index (χ2v) is 12.5. The summed E-state index contributed by atoms with van der Waals surface area (Å²) >= 11 is -1.26. The first-order valence-electron chi connectivity index (χ1n) is 11.5. The average Bonchev–Trinajstić information content (AvgIpc) is 3.54. The molecular formula is C25H19F3N4O5S3. The molecule has 2 N–H and O–H groups in total. The predicted octanol–water partition coefficient (Wildman–Crippen LogP) is 5.30. The summed E-state index contributed by atoms with van der Waals surface area (Å²) in [5, 5.41) is 6.42. The quantitative estimate of drug-likeness (QED) is 0.215. The number of rotatable bonds is 9. The minimum absolute atomic E-state index is 0.0944. The Balaban J connectivity index is 1.53. The Morgan fingerprint density at radius 3 is 2.38 bits per heavy atom. The highest BCUT2D eigenvalue weighted by atomic mass is 32.2. The molecule has 5 rings (SSSR count). The number of aromatic nitrogens is 3. The zero-order chi connectivity index (χ0) is 28.5. The molecule has 2 heterocycles. The van der Waals surface area contributed by atoms with E-state index < -0.39 is 38.1 Å². The highest BCUT2D eigenvalue weighted by molar-refractivity contribution is 7.91. The molecular weight excluding hydrogens is 589 g/mol. The van der Waals surface area contributed by atoms with Gasteiger partial charge in [0.05, 0.1) is 28.1 Å². The van der Waals surface area contributed by atoms with Crippen LogP contribution in [0.5, 0.6) is 0 Å². The Morgan fingerprint density at radius 1 is 1.00 bits per heavy atom. The fourth-order valence-corrected chi connectivity index (χ4v) is 7.35. The number of benzene rings is 3. The molecule has 5 aromatic rings. The fraction of sp³-hybridized carbons (Fsp3) is 0.160. The van der Waals surface area contributed by atoms with E-state index in [-0.39, 0.29) is 29.1 Å². The van der Waals surface area contributed by atoms with E-state index in [1.54, 1.807) is 48.5 Å². The summed E-state index contributed by atoms with van der Waals surface area (Å²) in [5.74, 6) is -0.691. The van der Waals surface area contributed by atoms with Gasteiger partial charge in [-0.2, -0.15) is 13.2 Å². The van der Waals surface area contributed by atoms with E-state index >= 15 is 0 Å². The molecule has 0 aliphatic heterocycles. The van der Waals surface area contributed by atoms with Crippen molar-refractivity contribution < 1.29 is 34.8 Å². The first kappa shape index (κ1) is 28.0. The van der Waals surface area contributed by atoms with Gasteiger partial charge in [0.2, 0.25) is 23.0 Å². The minimum Gasteiger partial charge on any atom is -0.422 e. The van der Waals surface area contributed by atoms with Crippen molar-refractivity contribution in [2.45, 2.75) is 23.7 Å². The van der Waals surface area contributed by atoms with E-state index in [9.17, 15) is 25.8 Å². The van der Waals surface area contributed by atoms with Gasteiger partial charge in [0.15, 0.2) is 15.1 Å². The zero-order valence-electron chi connectivity index (χ0n) is 20.2. The lowest BCUT2D eigenvalue weighted by molar-refractivity contribution is -0.137. The number of sulfone groups is 1. The summed E-state index contributed by atoms with van der Waals surface area (Å²) < 4.78 is 94.5. The monoisotopic (exact) mass is 608 g/mol. The third kappa shape index (κ3) is 6.28. The van der Waals surface area contributed by atoms with Crippen LogP contribution in [0.1, 0.15) is 33.2 Å². The molecule has 0 aliphatic carbocycles. The van der Waals surface area contributed by atoms with E-state index in [4.69, 9.17) is 8.97 Å². The standard InChI is InChI=1S/C25H19F3N4O5S3/c26-25(27,28)18-9-6-16(7-10-18)17-8-11-19-20(12-17)38-24(30-19)22(23-32-31-21(37-23)13-29-39(33)34)40(35,36)14-15-4-2-1-3-5-15/h1-12,22,29H,13-14H2,(H,33,34). The lowest BCUT2D eigenvalue weighted by atomic mass is 10.0. The van der Waals surface area contributed by atoms with Gasteiger partial charge in [0, 0.05) is 0 Å². The van der Waals surface area contributed by atoms with Crippen LogP contribution in [0.15, 0.2) is 77.2 Å². The van der Waals surface area contributed by atoms with Gasteiger partial charge >= 0.3 is 6.18 Å². The van der Waals surface area contributed by atoms with Gasteiger partial charge < -0.3 is 4.42 Å². The molecule has 9 nitrogen and oxygen atoms in total. The lowest BCUT2D eigenvalue weighted by Gasteiger charge is -2.12. The van der Waals surface area contributed by atoms with Crippen LogP contribution in [-0.4, -0.2) is 32.4 Å². The number of halogens is 3. The molecule has 2 atom stereocenters. The highest BCUT2D eigenvalue weighted by Crippen LogP contribution is 2.38. The van der Waals surface area contributed by atoms with E-state index in [2.05, 4.69) is 19.9 Å². The van der Waals surface area contributed by atoms with Crippen LogP contribution in [0.25, 0.3) is 21.3 Å². The number of hydrogen-bond acceptors (Lipinski definition) is 8. The van der Waals surface area contributed by atoms with Gasteiger partial charge in [-0.15, -0.1) is 21.5 Å². The Bertz CT molecular complexity index is 1770. The molecule has 15 heteroatoms. The molecule has 0 spiro atoms. The zero-order valence-corrected chi connectivity index (χ0v) is 22.6. The topological polar surface area (TPSA) is 135 Å². The normalized spacial score (nSPS) is 13.9. The summed E-state index contributed by atoms with van der Waals surface area (Å²) in [6.07, 6.45) is -4.45. The lowest BCUT2D eigenvalue weighted by Crippen LogP contribution is -2.17. The maximum Gasteiger partial charge on any atom is 0.416 e. The van der Waals surface area contributed by atoms with Crippen molar-refractivity contribution in [2.75, 3.05) is 0 Å². The molecule has 2 unspecified atom stereocenters. The van der Waals surface area contributed by atoms with Crippen molar-refractivity contribution in [1.82, 2.24) is 19.9 Å². The number of nitrogens with one attached hydrogen (secondary N) is 1. The molecule has 3 aromatic carbocycles. The molecule has 0 amide bonds. The fourth-order valence-electron chi connectivity index (χ4n) is 3.96. The average molecular weight is 609 g/mol. The second-order valence-electron chi connectivity index (χ2n) is 8.59. The smallest absolute Gasteiger partial charge is 0.416 e. The van der Waals surface area contributed by atoms with Gasteiger partial charge in [-0.05, 0) is 41.0 Å². The molecule has 0 radical (unpaired) electrons. The third-order valence-corrected chi connectivity index (χ3v) is 9.30. The maximum absolute atomic E-state index is 13.7. The molecule has 0 saturated carbocycles. The number of fused-ring (bicyclic) bond motifs is 1. The molecule has 0 bridgehead atoms. The highest BCUT2D eigenvalue weighted by Gasteiger charge is 2.37. The summed E-state index contributed by atoms with van der Waals surface area (Å²) in [7, 11) is -4.01. The van der Waals surface area contributed by atoms with E-state index in [1.807, 2.05) is 0 Å². The Morgan fingerprint density at radius 2 is 1.70 bits per heavy atom. The number of nitrogens with zero attached hydrogens (tertiary/aromatic N) is 3. The van der Waals surface area contributed by atoms with Crippen molar-refractivity contribution in [2.24, 2.45) is 0 Å². The van der Waals surface area contributed by atoms with Crippen LogP contribution in [0.2, 0.25) is 0 Å². The predicted molar refractivity (Wildman–Crippen MR) is 143 cm³/mol. The molecule has 208 valence electrons. The molecule has 2 aromatic heterocycles. The maximum atomic E-state index is 13.7. The molecule has 0 fully saturated rings. The third-order valence-electron chi connectivity index (χ3n) is 5.80. The van der Waals surface area contributed by atoms with Gasteiger partial charge in [-0.1, -0.05) is 48.5 Å². The Kier molecular flexibility index (Phi) is 7.83.